The molecule has 0 aromatic carbocycles. The fourth-order valence-electron chi connectivity index (χ4n) is 0.433. The second kappa shape index (κ2) is 11.7. The van der Waals surface area contributed by atoms with E-state index in [4.69, 9.17) is 5.11 Å². The standard InChI is InChI=1S/C6H15N.C2H6O/c1-4-5-7-6(2)3;1-2-3/h6-7H,4-5H2,1-3H3;3H,2H2,1H3. The zero-order valence-corrected chi connectivity index (χ0v) is 7.65. The Kier molecular flexibility index (Phi) is 14.7. The van der Waals surface area contributed by atoms with Crippen molar-refractivity contribution in [1.82, 2.24) is 5.32 Å². The van der Waals surface area contributed by atoms with Gasteiger partial charge < -0.3 is 10.4 Å². The molecule has 0 amide bonds. The summed E-state index contributed by atoms with van der Waals surface area (Å²) >= 11 is 0. The third-order valence-electron chi connectivity index (χ3n) is 0.803. The predicted molar refractivity (Wildman–Crippen MR) is 46.2 cm³/mol. The Morgan fingerprint density at radius 3 is 1.80 bits per heavy atom. The van der Waals surface area contributed by atoms with E-state index in [9.17, 15) is 0 Å². The predicted octanol–water partition coefficient (Wildman–Crippen LogP) is 1.39. The molecule has 0 fully saturated rings. The van der Waals surface area contributed by atoms with E-state index in [1.807, 2.05) is 0 Å². The third kappa shape index (κ3) is 24.7. The van der Waals surface area contributed by atoms with Crippen LogP contribution in [0.25, 0.3) is 0 Å². The molecule has 2 heteroatoms. The molecule has 0 unspecified atom stereocenters. The molecule has 10 heavy (non-hydrogen) atoms. The van der Waals surface area contributed by atoms with E-state index in [0.717, 1.165) is 6.54 Å². The third-order valence-corrected chi connectivity index (χ3v) is 0.803. The maximum atomic E-state index is 7.57. The normalized spacial score (nSPS) is 9.00. The molecule has 0 saturated heterocycles. The highest BCUT2D eigenvalue weighted by Gasteiger charge is 1.85. The molecule has 0 rings (SSSR count). The van der Waals surface area contributed by atoms with E-state index in [1.54, 1.807) is 6.92 Å². The topological polar surface area (TPSA) is 32.3 Å². The van der Waals surface area contributed by atoms with Crippen molar-refractivity contribution in [2.24, 2.45) is 0 Å². The number of aliphatic hydroxyl groups excluding tert-OH is 1. The van der Waals surface area contributed by atoms with Crippen LogP contribution in [0.3, 0.4) is 0 Å². The SMILES string of the molecule is CCCNC(C)C.CCO. The van der Waals surface area contributed by atoms with E-state index in [2.05, 4.69) is 26.1 Å². The quantitative estimate of drug-likeness (QED) is 0.632. The van der Waals surface area contributed by atoms with Crippen LogP contribution < -0.4 is 5.32 Å². The molecule has 0 atom stereocenters. The van der Waals surface area contributed by atoms with Gasteiger partial charge in [0.1, 0.15) is 0 Å². The highest BCUT2D eigenvalue weighted by molar-refractivity contribution is 4.48. The van der Waals surface area contributed by atoms with Crippen molar-refractivity contribution in [1.29, 1.82) is 0 Å². The van der Waals surface area contributed by atoms with Gasteiger partial charge in [0.2, 0.25) is 0 Å². The second-order valence-electron chi connectivity index (χ2n) is 2.43. The van der Waals surface area contributed by atoms with E-state index < -0.39 is 0 Å². The molecule has 64 valence electrons. The van der Waals surface area contributed by atoms with Gasteiger partial charge >= 0.3 is 0 Å². The van der Waals surface area contributed by atoms with Gasteiger partial charge in [-0.05, 0) is 19.9 Å². The fourth-order valence-corrected chi connectivity index (χ4v) is 0.433. The monoisotopic (exact) mass is 147 g/mol. The summed E-state index contributed by atoms with van der Waals surface area (Å²) in [4.78, 5) is 0. The highest BCUT2D eigenvalue weighted by atomic mass is 16.2. The maximum absolute atomic E-state index is 7.57. The van der Waals surface area contributed by atoms with Gasteiger partial charge in [0.25, 0.3) is 0 Å². The first-order valence-corrected chi connectivity index (χ1v) is 4.03. The van der Waals surface area contributed by atoms with Crippen LogP contribution >= 0.6 is 0 Å². The Labute approximate surface area is 64.6 Å². The lowest BCUT2D eigenvalue weighted by Crippen LogP contribution is -2.22. The molecule has 0 heterocycles. The Morgan fingerprint density at radius 1 is 1.30 bits per heavy atom. The highest BCUT2D eigenvalue weighted by Crippen LogP contribution is 1.76. The first-order chi connectivity index (χ1) is 4.68. The average Bonchev–Trinajstić information content (AvgIpc) is 1.85. The van der Waals surface area contributed by atoms with Crippen LogP contribution in [0.5, 0.6) is 0 Å². The van der Waals surface area contributed by atoms with Crippen LogP contribution in [-0.2, 0) is 0 Å². The van der Waals surface area contributed by atoms with Crippen molar-refractivity contribution in [3.63, 3.8) is 0 Å². The number of rotatable bonds is 3. The van der Waals surface area contributed by atoms with Gasteiger partial charge in [-0.1, -0.05) is 20.8 Å². The molecule has 0 aliphatic heterocycles. The van der Waals surface area contributed by atoms with Crippen LogP contribution in [0, 0.1) is 0 Å². The van der Waals surface area contributed by atoms with Gasteiger partial charge in [-0.2, -0.15) is 0 Å². The van der Waals surface area contributed by atoms with Crippen LogP contribution in [0.4, 0.5) is 0 Å². The second-order valence-corrected chi connectivity index (χ2v) is 2.43. The van der Waals surface area contributed by atoms with Gasteiger partial charge in [0.15, 0.2) is 0 Å². The number of nitrogens with one attached hydrogen (secondary N) is 1. The van der Waals surface area contributed by atoms with E-state index in [0.29, 0.717) is 6.04 Å². The largest absolute Gasteiger partial charge is 0.397 e. The molecule has 2 nitrogen and oxygen atoms in total. The van der Waals surface area contributed by atoms with E-state index in [-0.39, 0.29) is 6.61 Å². The molecular weight excluding hydrogens is 126 g/mol. The molecule has 0 aromatic heterocycles. The average molecular weight is 147 g/mol. The zero-order valence-electron chi connectivity index (χ0n) is 7.65. The lowest BCUT2D eigenvalue weighted by molar-refractivity contribution is 0.318. The first-order valence-electron chi connectivity index (χ1n) is 4.03. The van der Waals surface area contributed by atoms with Crippen molar-refractivity contribution >= 4 is 0 Å². The van der Waals surface area contributed by atoms with Gasteiger partial charge in [-0.25, -0.2) is 0 Å². The van der Waals surface area contributed by atoms with Crippen molar-refractivity contribution in [3.05, 3.63) is 0 Å². The Bertz CT molecular complexity index is 46.5. The minimum atomic E-state index is 0.250. The first kappa shape index (κ1) is 12.6. The minimum absolute atomic E-state index is 0.250. The van der Waals surface area contributed by atoms with Crippen molar-refractivity contribution in [2.75, 3.05) is 13.2 Å². The van der Waals surface area contributed by atoms with Crippen molar-refractivity contribution in [2.45, 2.75) is 40.2 Å². The van der Waals surface area contributed by atoms with Crippen LogP contribution in [-0.4, -0.2) is 24.3 Å². The van der Waals surface area contributed by atoms with Crippen LogP contribution in [0.2, 0.25) is 0 Å². The van der Waals surface area contributed by atoms with E-state index in [1.165, 1.54) is 6.42 Å². The number of aliphatic hydroxyl groups is 1. The molecule has 0 aliphatic rings. The van der Waals surface area contributed by atoms with Gasteiger partial charge in [0.05, 0.1) is 0 Å². The molecule has 0 aliphatic carbocycles. The maximum Gasteiger partial charge on any atom is 0.0402 e. The summed E-state index contributed by atoms with van der Waals surface area (Å²) in [6, 6.07) is 0.653. The summed E-state index contributed by atoms with van der Waals surface area (Å²) in [5.41, 5.74) is 0. The number of hydrogen-bond acceptors (Lipinski definition) is 2. The smallest absolute Gasteiger partial charge is 0.0402 e. The summed E-state index contributed by atoms with van der Waals surface area (Å²) in [7, 11) is 0. The van der Waals surface area contributed by atoms with E-state index >= 15 is 0 Å². The minimum Gasteiger partial charge on any atom is -0.397 e. The lowest BCUT2D eigenvalue weighted by Gasteiger charge is -2.03. The Hall–Kier alpha value is -0.0800. The summed E-state index contributed by atoms with van der Waals surface area (Å²) in [5, 5.41) is 10.9. The van der Waals surface area contributed by atoms with Gasteiger partial charge in [-0.3, -0.25) is 0 Å². The van der Waals surface area contributed by atoms with Crippen molar-refractivity contribution < 1.29 is 5.11 Å². The zero-order chi connectivity index (χ0) is 8.41. The molecule has 0 spiro atoms. The summed E-state index contributed by atoms with van der Waals surface area (Å²) in [6.07, 6.45) is 1.23. The molecule has 0 radical (unpaired) electrons. The summed E-state index contributed by atoms with van der Waals surface area (Å²) < 4.78 is 0. The van der Waals surface area contributed by atoms with Crippen LogP contribution in [0.15, 0.2) is 0 Å². The molecule has 0 aromatic rings. The van der Waals surface area contributed by atoms with Gasteiger partial charge in [0, 0.05) is 12.6 Å². The van der Waals surface area contributed by atoms with Crippen molar-refractivity contribution in [3.8, 4) is 0 Å². The fraction of sp³-hybridized carbons (Fsp3) is 1.00. The Balaban J connectivity index is 0. The Morgan fingerprint density at radius 2 is 1.70 bits per heavy atom. The molecule has 0 bridgehead atoms. The summed E-state index contributed by atoms with van der Waals surface area (Å²) in [5.74, 6) is 0. The molecule has 0 saturated carbocycles. The van der Waals surface area contributed by atoms with Crippen LogP contribution in [0.1, 0.15) is 34.1 Å². The molecular formula is C8H21NO. The van der Waals surface area contributed by atoms with Gasteiger partial charge in [-0.15, -0.1) is 0 Å². The number of hydrogen-bond donors (Lipinski definition) is 2. The molecule has 2 N–H and O–H groups in total. The summed E-state index contributed by atoms with van der Waals surface area (Å²) in [6.45, 7) is 9.58. The lowest BCUT2D eigenvalue weighted by atomic mass is 10.4.